The quantitative estimate of drug-likeness (QED) is 0.287. The first-order chi connectivity index (χ1) is 13.7. The summed E-state index contributed by atoms with van der Waals surface area (Å²) >= 11 is 0. The molecule has 18 heteroatoms. The number of ether oxygens (including phenoxy) is 1. The zero-order valence-corrected chi connectivity index (χ0v) is 18.3. The number of hydrogen-bond donors (Lipinski definition) is 5. The summed E-state index contributed by atoms with van der Waals surface area (Å²) < 4.78 is 53.2. The second kappa shape index (κ2) is 9.27. The lowest BCUT2D eigenvalue weighted by Crippen LogP contribution is -2.35. The van der Waals surface area contributed by atoms with Gasteiger partial charge < -0.3 is 30.0 Å². The van der Waals surface area contributed by atoms with Crippen molar-refractivity contribution in [3.63, 3.8) is 0 Å². The molecule has 2 rings (SSSR count). The molecule has 2 unspecified atom stereocenters. The standard InChI is InChI=1S/C12H22N3O12P3/c1-2-5-12(6-3-10(25-12)15-7-4-9(13)14-11(15)16)8-24-29(20,21)27-30(22,23)26-28(17,18)19/h4,7,10H,2-3,5-6,8H2,1H3,(H,20,21)(H,22,23)(H2,13,14,16)(H2,17,18,19)/t10-,12+/m1/s1. The summed E-state index contributed by atoms with van der Waals surface area (Å²) in [6, 6.07) is 1.40. The predicted molar refractivity (Wildman–Crippen MR) is 99.7 cm³/mol. The highest BCUT2D eigenvalue weighted by molar-refractivity contribution is 7.66. The Labute approximate surface area is 170 Å². The van der Waals surface area contributed by atoms with Gasteiger partial charge >= 0.3 is 29.2 Å². The van der Waals surface area contributed by atoms with Crippen LogP contribution in [0.5, 0.6) is 0 Å². The van der Waals surface area contributed by atoms with E-state index in [1.54, 1.807) is 6.92 Å². The van der Waals surface area contributed by atoms with Crippen molar-refractivity contribution in [3.8, 4) is 0 Å². The molecule has 1 saturated heterocycles. The van der Waals surface area contributed by atoms with Crippen LogP contribution in [-0.4, -0.2) is 41.3 Å². The maximum absolute atomic E-state index is 12.0. The lowest BCUT2D eigenvalue weighted by Gasteiger charge is -2.30. The Morgan fingerprint density at radius 2 is 1.93 bits per heavy atom. The smallest absolute Gasteiger partial charge is 0.383 e. The highest BCUT2D eigenvalue weighted by atomic mass is 31.3. The van der Waals surface area contributed by atoms with Gasteiger partial charge in [0.1, 0.15) is 12.0 Å². The summed E-state index contributed by atoms with van der Waals surface area (Å²) in [6.07, 6.45) is 2.13. The largest absolute Gasteiger partial charge is 0.490 e. The fourth-order valence-electron chi connectivity index (χ4n) is 2.95. The van der Waals surface area contributed by atoms with Crippen LogP contribution < -0.4 is 11.4 Å². The average molecular weight is 493 g/mol. The van der Waals surface area contributed by atoms with E-state index in [1.165, 1.54) is 16.8 Å². The minimum absolute atomic E-state index is 0.0294. The number of anilines is 1. The third kappa shape index (κ3) is 7.33. The van der Waals surface area contributed by atoms with E-state index in [0.29, 0.717) is 19.3 Å². The third-order valence-electron chi connectivity index (χ3n) is 4.01. The third-order valence-corrected chi connectivity index (χ3v) is 7.79. The fraction of sp³-hybridized carbons (Fsp3) is 0.667. The molecule has 1 aliphatic heterocycles. The Kier molecular flexibility index (Phi) is 7.82. The number of hydrogen-bond acceptors (Lipinski definition) is 10. The van der Waals surface area contributed by atoms with Crippen molar-refractivity contribution in [1.29, 1.82) is 0 Å². The van der Waals surface area contributed by atoms with Gasteiger partial charge in [0, 0.05) is 6.20 Å². The summed E-state index contributed by atoms with van der Waals surface area (Å²) in [4.78, 5) is 51.6. The molecule has 1 aliphatic rings. The zero-order valence-electron chi connectivity index (χ0n) is 15.6. The number of phosphoric ester groups is 1. The van der Waals surface area contributed by atoms with E-state index in [4.69, 9.17) is 24.8 Å². The van der Waals surface area contributed by atoms with Gasteiger partial charge in [0.05, 0.1) is 12.2 Å². The molecule has 0 aromatic carbocycles. The molecule has 6 N–H and O–H groups in total. The minimum atomic E-state index is -5.61. The Morgan fingerprint density at radius 3 is 2.50 bits per heavy atom. The molecule has 172 valence electrons. The molecule has 0 saturated carbocycles. The molecule has 1 aromatic heterocycles. The molecule has 0 amide bonds. The highest BCUT2D eigenvalue weighted by Gasteiger charge is 2.45. The van der Waals surface area contributed by atoms with Gasteiger partial charge in [-0.25, -0.2) is 18.5 Å². The van der Waals surface area contributed by atoms with Gasteiger partial charge in [-0.1, -0.05) is 13.3 Å². The number of nitrogens with two attached hydrogens (primary N) is 1. The number of rotatable bonds is 10. The first kappa shape index (κ1) is 25.3. The molecule has 15 nitrogen and oxygen atoms in total. The molecular weight excluding hydrogens is 471 g/mol. The van der Waals surface area contributed by atoms with Gasteiger partial charge in [0.15, 0.2) is 0 Å². The first-order valence-corrected chi connectivity index (χ1v) is 13.0. The van der Waals surface area contributed by atoms with Gasteiger partial charge in [-0.15, -0.1) is 0 Å². The van der Waals surface area contributed by atoms with Crippen LogP contribution in [0.15, 0.2) is 17.1 Å². The molecule has 0 aliphatic carbocycles. The van der Waals surface area contributed by atoms with Gasteiger partial charge in [-0.3, -0.25) is 9.09 Å². The first-order valence-electron chi connectivity index (χ1n) is 8.47. The Hall–Kier alpha value is -0.950. The fourth-order valence-corrected chi connectivity index (χ4v) is 6.05. The molecule has 2 heterocycles. The molecule has 0 bridgehead atoms. The van der Waals surface area contributed by atoms with Crippen LogP contribution in [0.2, 0.25) is 0 Å². The normalized spacial score (nSPS) is 26.2. The van der Waals surface area contributed by atoms with Crippen molar-refractivity contribution in [2.45, 2.75) is 44.4 Å². The minimum Gasteiger partial charge on any atom is -0.383 e. The summed E-state index contributed by atoms with van der Waals surface area (Å²) in [6.45, 7) is 1.22. The van der Waals surface area contributed by atoms with E-state index in [0.717, 1.165) is 0 Å². The second-order valence-electron chi connectivity index (χ2n) is 6.45. The van der Waals surface area contributed by atoms with Gasteiger partial charge in [-0.2, -0.15) is 13.6 Å². The molecule has 0 radical (unpaired) electrons. The summed E-state index contributed by atoms with van der Waals surface area (Å²) in [7, 11) is -16.4. The SMILES string of the molecule is CCC[C@@]1(COP(=O)(O)OP(=O)(O)OP(=O)(O)O)CC[C@H](n2ccc(N)nc2=O)O1. The van der Waals surface area contributed by atoms with E-state index < -0.39 is 47.6 Å². The number of nitrogen functional groups attached to an aromatic ring is 1. The lowest BCUT2D eigenvalue weighted by molar-refractivity contribution is -0.102. The van der Waals surface area contributed by atoms with Gasteiger partial charge in [0.25, 0.3) is 0 Å². The highest BCUT2D eigenvalue weighted by Crippen LogP contribution is 2.66. The molecule has 30 heavy (non-hydrogen) atoms. The average Bonchev–Trinajstić information content (AvgIpc) is 2.94. The Morgan fingerprint density at radius 1 is 1.27 bits per heavy atom. The molecule has 1 fully saturated rings. The number of aromatic nitrogens is 2. The predicted octanol–water partition coefficient (Wildman–Crippen LogP) is 1.02. The molecule has 0 spiro atoms. The summed E-state index contributed by atoms with van der Waals surface area (Å²) in [5.74, 6) is 0.0294. The lowest BCUT2D eigenvalue weighted by atomic mass is 9.96. The van der Waals surface area contributed by atoms with E-state index in [9.17, 15) is 28.3 Å². The molecular formula is C12H22N3O12P3. The molecule has 1 aromatic rings. The van der Waals surface area contributed by atoms with Crippen molar-refractivity contribution < 1.29 is 51.2 Å². The van der Waals surface area contributed by atoms with E-state index >= 15 is 0 Å². The van der Waals surface area contributed by atoms with Crippen molar-refractivity contribution in [2.75, 3.05) is 12.3 Å². The number of phosphoric acid groups is 3. The van der Waals surface area contributed by atoms with Crippen LogP contribution >= 0.6 is 23.5 Å². The zero-order chi connectivity index (χ0) is 22.8. The Balaban J connectivity index is 2.10. The summed E-state index contributed by atoms with van der Waals surface area (Å²) in [5, 5.41) is 0. The van der Waals surface area contributed by atoms with Gasteiger partial charge in [-0.05, 0) is 25.3 Å². The van der Waals surface area contributed by atoms with E-state index in [1.807, 2.05) is 0 Å². The van der Waals surface area contributed by atoms with E-state index in [-0.39, 0.29) is 12.2 Å². The van der Waals surface area contributed by atoms with Crippen LogP contribution in [0.25, 0.3) is 0 Å². The van der Waals surface area contributed by atoms with Crippen molar-refractivity contribution in [2.24, 2.45) is 0 Å². The van der Waals surface area contributed by atoms with Crippen molar-refractivity contribution >= 4 is 29.3 Å². The summed E-state index contributed by atoms with van der Waals surface area (Å²) in [5.41, 5.74) is 3.65. The van der Waals surface area contributed by atoms with Crippen LogP contribution in [0.4, 0.5) is 5.82 Å². The van der Waals surface area contributed by atoms with Gasteiger partial charge in [0.2, 0.25) is 0 Å². The maximum Gasteiger partial charge on any atom is 0.490 e. The molecule has 4 atom stereocenters. The second-order valence-corrected chi connectivity index (χ2v) is 10.9. The van der Waals surface area contributed by atoms with Crippen molar-refractivity contribution in [1.82, 2.24) is 9.55 Å². The maximum atomic E-state index is 12.0. The monoisotopic (exact) mass is 493 g/mol. The van der Waals surface area contributed by atoms with Crippen LogP contribution in [0.3, 0.4) is 0 Å². The van der Waals surface area contributed by atoms with Crippen LogP contribution in [-0.2, 0) is 31.6 Å². The van der Waals surface area contributed by atoms with E-state index in [2.05, 4.69) is 13.6 Å². The topological polar surface area (TPSA) is 230 Å². The van der Waals surface area contributed by atoms with Crippen LogP contribution in [0.1, 0.15) is 38.8 Å². The number of nitrogens with zero attached hydrogens (tertiary/aromatic N) is 2. The van der Waals surface area contributed by atoms with Crippen molar-refractivity contribution in [3.05, 3.63) is 22.7 Å². The Bertz CT molecular complexity index is 963. The van der Waals surface area contributed by atoms with Crippen LogP contribution in [0, 0.1) is 0 Å².